The van der Waals surface area contributed by atoms with Gasteiger partial charge in [-0.25, -0.2) is 9.97 Å². The highest BCUT2D eigenvalue weighted by atomic mass is 15.2. The minimum absolute atomic E-state index is 0.424. The third-order valence-electron chi connectivity index (χ3n) is 3.50. The Bertz CT molecular complexity index is 534. The second-order valence-corrected chi connectivity index (χ2v) is 4.83. The van der Waals surface area contributed by atoms with E-state index in [1.54, 1.807) is 6.20 Å². The molecule has 3 rings (SSSR count). The Hall–Kier alpha value is -1.75. The van der Waals surface area contributed by atoms with Crippen molar-refractivity contribution in [1.82, 2.24) is 25.1 Å². The first-order valence-electron chi connectivity index (χ1n) is 6.29. The van der Waals surface area contributed by atoms with E-state index in [4.69, 9.17) is 0 Å². The number of nitrogens with zero attached hydrogens (tertiary/aromatic N) is 4. The Labute approximate surface area is 106 Å². The molecule has 18 heavy (non-hydrogen) atoms. The fourth-order valence-corrected chi connectivity index (χ4v) is 2.58. The molecule has 0 radical (unpaired) electrons. The molecule has 0 bridgehead atoms. The molecule has 0 unspecified atom stereocenters. The van der Waals surface area contributed by atoms with Crippen molar-refractivity contribution in [3.8, 4) is 11.4 Å². The third-order valence-corrected chi connectivity index (χ3v) is 3.50. The molecule has 5 nitrogen and oxygen atoms in total. The van der Waals surface area contributed by atoms with Gasteiger partial charge in [0.1, 0.15) is 5.82 Å². The molecular weight excluding hydrogens is 226 g/mol. The number of H-pyrrole nitrogens is 1. The molecule has 0 spiro atoms. The van der Waals surface area contributed by atoms with Crippen LogP contribution in [0, 0.1) is 6.92 Å². The van der Waals surface area contributed by atoms with Crippen molar-refractivity contribution >= 4 is 0 Å². The predicted molar refractivity (Wildman–Crippen MR) is 69.0 cm³/mol. The minimum Gasteiger partial charge on any atom is -0.298 e. The van der Waals surface area contributed by atoms with E-state index in [0.29, 0.717) is 6.04 Å². The molecule has 0 saturated carbocycles. The minimum atomic E-state index is 0.424. The molecule has 0 aliphatic carbocycles. The summed E-state index contributed by atoms with van der Waals surface area (Å²) in [5, 5.41) is 6.93. The first kappa shape index (κ1) is 11.3. The zero-order chi connectivity index (χ0) is 12.5. The van der Waals surface area contributed by atoms with Crippen molar-refractivity contribution in [3.05, 3.63) is 29.8 Å². The van der Waals surface area contributed by atoms with Crippen LogP contribution in [0.2, 0.25) is 0 Å². The topological polar surface area (TPSA) is 57.7 Å². The van der Waals surface area contributed by atoms with Crippen LogP contribution >= 0.6 is 0 Å². The summed E-state index contributed by atoms with van der Waals surface area (Å²) < 4.78 is 0. The van der Waals surface area contributed by atoms with Crippen LogP contribution in [0.25, 0.3) is 11.4 Å². The van der Waals surface area contributed by atoms with Crippen molar-refractivity contribution in [1.29, 1.82) is 0 Å². The van der Waals surface area contributed by atoms with Crippen LogP contribution in [-0.2, 0) is 0 Å². The van der Waals surface area contributed by atoms with E-state index in [9.17, 15) is 0 Å². The maximum Gasteiger partial charge on any atom is 0.126 e. The molecule has 5 heteroatoms. The zero-order valence-corrected chi connectivity index (χ0v) is 10.7. The molecule has 1 atom stereocenters. The molecule has 2 aromatic rings. The van der Waals surface area contributed by atoms with E-state index < -0.39 is 0 Å². The number of hydrogen-bond acceptors (Lipinski definition) is 4. The van der Waals surface area contributed by atoms with Gasteiger partial charge in [0.15, 0.2) is 0 Å². The summed E-state index contributed by atoms with van der Waals surface area (Å²) in [5.41, 5.74) is 2.99. The summed E-state index contributed by atoms with van der Waals surface area (Å²) in [6, 6.07) is 4.44. The molecule has 1 aliphatic heterocycles. The largest absolute Gasteiger partial charge is 0.298 e. The van der Waals surface area contributed by atoms with Crippen LogP contribution < -0.4 is 0 Å². The fourth-order valence-electron chi connectivity index (χ4n) is 2.58. The number of aromatic nitrogens is 4. The molecule has 1 saturated heterocycles. The quantitative estimate of drug-likeness (QED) is 0.875. The van der Waals surface area contributed by atoms with E-state index >= 15 is 0 Å². The van der Waals surface area contributed by atoms with E-state index in [-0.39, 0.29) is 0 Å². The van der Waals surface area contributed by atoms with Crippen LogP contribution in [0.15, 0.2) is 18.3 Å². The summed E-state index contributed by atoms with van der Waals surface area (Å²) in [4.78, 5) is 11.4. The summed E-state index contributed by atoms with van der Waals surface area (Å²) in [5.74, 6) is 0.817. The van der Waals surface area contributed by atoms with Crippen molar-refractivity contribution in [2.75, 3.05) is 13.6 Å². The number of likely N-dealkylation sites (tertiary alicyclic amines) is 1. The molecule has 0 aromatic carbocycles. The fraction of sp³-hybridized carbons (Fsp3) is 0.462. The van der Waals surface area contributed by atoms with Crippen LogP contribution in [0.1, 0.15) is 30.4 Å². The number of aryl methyl sites for hydroxylation is 1. The van der Waals surface area contributed by atoms with Crippen LogP contribution in [0.5, 0.6) is 0 Å². The van der Waals surface area contributed by atoms with E-state index in [0.717, 1.165) is 29.5 Å². The lowest BCUT2D eigenvalue weighted by Gasteiger charge is -2.19. The van der Waals surface area contributed by atoms with Gasteiger partial charge in [0.05, 0.1) is 23.1 Å². The third kappa shape index (κ3) is 2.01. The lowest BCUT2D eigenvalue weighted by Crippen LogP contribution is -2.19. The Morgan fingerprint density at radius 3 is 2.94 bits per heavy atom. The zero-order valence-electron chi connectivity index (χ0n) is 10.7. The van der Waals surface area contributed by atoms with Gasteiger partial charge in [-0.1, -0.05) is 0 Å². The molecule has 1 aliphatic rings. The van der Waals surface area contributed by atoms with Gasteiger partial charge in [0, 0.05) is 6.20 Å². The molecule has 2 aromatic heterocycles. The SMILES string of the molecule is Cc1nc(-c2ccn[nH]2)cc([C@@H]2CCCN2C)n1. The first-order chi connectivity index (χ1) is 8.74. The van der Waals surface area contributed by atoms with Crippen LogP contribution in [0.3, 0.4) is 0 Å². The predicted octanol–water partition coefficient (Wildman–Crippen LogP) is 1.94. The van der Waals surface area contributed by atoms with E-state index in [1.165, 1.54) is 12.8 Å². The first-order valence-corrected chi connectivity index (χ1v) is 6.29. The Morgan fingerprint density at radius 2 is 2.28 bits per heavy atom. The number of rotatable bonds is 2. The van der Waals surface area contributed by atoms with Gasteiger partial charge in [-0.05, 0) is 45.5 Å². The average Bonchev–Trinajstić information content (AvgIpc) is 2.98. The van der Waals surface area contributed by atoms with Gasteiger partial charge < -0.3 is 0 Å². The lowest BCUT2D eigenvalue weighted by atomic mass is 10.1. The standard InChI is InChI=1S/C13H17N5/c1-9-15-11(10-5-6-14-17-10)8-12(16-9)13-4-3-7-18(13)2/h5-6,8,13H,3-4,7H2,1-2H3,(H,14,17)/t13-/m0/s1. The maximum absolute atomic E-state index is 4.59. The normalized spacial score (nSPS) is 20.4. The van der Waals surface area contributed by atoms with Gasteiger partial charge in [-0.2, -0.15) is 5.10 Å². The highest BCUT2D eigenvalue weighted by Crippen LogP contribution is 2.30. The van der Waals surface area contributed by atoms with Gasteiger partial charge in [-0.3, -0.25) is 10.00 Å². The van der Waals surface area contributed by atoms with Crippen LogP contribution in [0.4, 0.5) is 0 Å². The Kier molecular flexibility index (Phi) is 2.83. The summed E-state index contributed by atoms with van der Waals surface area (Å²) in [7, 11) is 2.16. The molecule has 94 valence electrons. The number of aromatic amines is 1. The second kappa shape index (κ2) is 4.49. The molecule has 0 amide bonds. The number of hydrogen-bond donors (Lipinski definition) is 1. The monoisotopic (exact) mass is 243 g/mol. The Morgan fingerprint density at radius 1 is 1.39 bits per heavy atom. The maximum atomic E-state index is 4.59. The molecule has 3 heterocycles. The van der Waals surface area contributed by atoms with Crippen molar-refractivity contribution in [3.63, 3.8) is 0 Å². The smallest absolute Gasteiger partial charge is 0.126 e. The van der Waals surface area contributed by atoms with Gasteiger partial charge >= 0.3 is 0 Å². The van der Waals surface area contributed by atoms with Crippen molar-refractivity contribution in [2.24, 2.45) is 0 Å². The van der Waals surface area contributed by atoms with E-state index in [2.05, 4.69) is 38.2 Å². The average molecular weight is 243 g/mol. The molecule has 1 fully saturated rings. The summed E-state index contributed by atoms with van der Waals surface area (Å²) in [6.07, 6.45) is 4.16. The van der Waals surface area contributed by atoms with Crippen molar-refractivity contribution < 1.29 is 0 Å². The summed E-state index contributed by atoms with van der Waals surface area (Å²) in [6.45, 7) is 3.09. The highest BCUT2D eigenvalue weighted by molar-refractivity contribution is 5.53. The molecule has 1 N–H and O–H groups in total. The highest BCUT2D eigenvalue weighted by Gasteiger charge is 2.24. The lowest BCUT2D eigenvalue weighted by molar-refractivity contribution is 0.311. The molecular formula is C13H17N5. The Balaban J connectivity index is 2.01. The van der Waals surface area contributed by atoms with E-state index in [1.807, 2.05) is 13.0 Å². The van der Waals surface area contributed by atoms with Gasteiger partial charge in [0.2, 0.25) is 0 Å². The van der Waals surface area contributed by atoms with Gasteiger partial charge in [0.25, 0.3) is 0 Å². The summed E-state index contributed by atoms with van der Waals surface area (Å²) >= 11 is 0. The van der Waals surface area contributed by atoms with Crippen molar-refractivity contribution in [2.45, 2.75) is 25.8 Å². The van der Waals surface area contributed by atoms with Gasteiger partial charge in [-0.15, -0.1) is 0 Å². The number of nitrogens with one attached hydrogen (secondary N) is 1. The van der Waals surface area contributed by atoms with Crippen LogP contribution in [-0.4, -0.2) is 38.7 Å². The second-order valence-electron chi connectivity index (χ2n) is 4.83.